The molecule has 0 saturated carbocycles. The fraction of sp³-hybridized carbons (Fsp3) is 0.571. The van der Waals surface area contributed by atoms with Crippen LogP contribution in [0.25, 0.3) is 0 Å². The highest BCUT2D eigenvalue weighted by atomic mass is 16.4. The van der Waals surface area contributed by atoms with Gasteiger partial charge in [-0.1, -0.05) is 12.1 Å². The Hall–Kier alpha value is -2.17. The molecule has 0 spiro atoms. The second kappa shape index (κ2) is 8.47. The lowest BCUT2D eigenvalue weighted by molar-refractivity contribution is -0.137. The summed E-state index contributed by atoms with van der Waals surface area (Å²) in [5.41, 5.74) is 3.34. The normalized spacial score (nSPS) is 19.2. The molecule has 5 nitrogen and oxygen atoms in total. The molecule has 3 rings (SSSR count). The summed E-state index contributed by atoms with van der Waals surface area (Å²) in [6.45, 7) is 1.34. The molecule has 1 aliphatic carbocycles. The van der Waals surface area contributed by atoms with Gasteiger partial charge in [-0.25, -0.2) is 0 Å². The highest BCUT2D eigenvalue weighted by Gasteiger charge is 2.24. The zero-order chi connectivity index (χ0) is 18.5. The number of ketones is 1. The summed E-state index contributed by atoms with van der Waals surface area (Å²) in [6, 6.07) is 5.94. The van der Waals surface area contributed by atoms with Crippen molar-refractivity contribution in [1.29, 1.82) is 0 Å². The number of nitrogens with zero attached hydrogens (tertiary/aromatic N) is 1. The van der Waals surface area contributed by atoms with Gasteiger partial charge in [-0.05, 0) is 61.6 Å². The number of fused-ring (bicyclic) bond motifs is 1. The summed E-state index contributed by atoms with van der Waals surface area (Å²) in [4.78, 5) is 37.4. The highest BCUT2D eigenvalue weighted by Crippen LogP contribution is 2.24. The van der Waals surface area contributed by atoms with Crippen molar-refractivity contribution in [2.45, 2.75) is 57.8 Å². The quantitative estimate of drug-likeness (QED) is 0.760. The van der Waals surface area contributed by atoms with Crippen molar-refractivity contribution in [3.63, 3.8) is 0 Å². The summed E-state index contributed by atoms with van der Waals surface area (Å²) in [5, 5.41) is 8.81. The van der Waals surface area contributed by atoms with E-state index in [-0.39, 0.29) is 36.9 Å². The molecule has 1 aromatic carbocycles. The summed E-state index contributed by atoms with van der Waals surface area (Å²) >= 11 is 0. The number of piperidine rings is 1. The number of benzene rings is 1. The number of carbonyl (C=O) groups excluding carboxylic acids is 2. The highest BCUT2D eigenvalue weighted by molar-refractivity contribution is 5.98. The lowest BCUT2D eigenvalue weighted by atomic mass is 9.93. The van der Waals surface area contributed by atoms with E-state index in [1.807, 2.05) is 17.0 Å². The molecule has 1 aliphatic heterocycles. The molecule has 1 fully saturated rings. The Balaban J connectivity index is 1.48. The number of likely N-dealkylation sites (tertiary alicyclic amines) is 1. The molecule has 1 N–H and O–H groups in total. The molecule has 26 heavy (non-hydrogen) atoms. The molecule has 1 saturated heterocycles. The Kier molecular flexibility index (Phi) is 6.07. The largest absolute Gasteiger partial charge is 0.481 e. The maximum atomic E-state index is 12.5. The fourth-order valence-electron chi connectivity index (χ4n) is 4.12. The van der Waals surface area contributed by atoms with Crippen LogP contribution < -0.4 is 0 Å². The van der Waals surface area contributed by atoms with E-state index in [9.17, 15) is 14.4 Å². The van der Waals surface area contributed by atoms with E-state index in [0.717, 1.165) is 44.2 Å². The topological polar surface area (TPSA) is 74.7 Å². The molecular weight excluding hydrogens is 330 g/mol. The smallest absolute Gasteiger partial charge is 0.303 e. The molecule has 1 aromatic rings. The zero-order valence-corrected chi connectivity index (χ0v) is 15.2. The monoisotopic (exact) mass is 357 g/mol. The van der Waals surface area contributed by atoms with Crippen LogP contribution >= 0.6 is 0 Å². The van der Waals surface area contributed by atoms with Crippen LogP contribution in [-0.2, 0) is 22.4 Å². The van der Waals surface area contributed by atoms with Crippen LogP contribution in [-0.4, -0.2) is 40.8 Å². The zero-order valence-electron chi connectivity index (χ0n) is 15.2. The summed E-state index contributed by atoms with van der Waals surface area (Å²) < 4.78 is 0. The Morgan fingerprint density at radius 2 is 1.85 bits per heavy atom. The van der Waals surface area contributed by atoms with Crippen molar-refractivity contribution in [1.82, 2.24) is 4.90 Å². The number of Topliss-reactive ketones (excluding diaryl/α,β-unsaturated/α-hetero) is 1. The van der Waals surface area contributed by atoms with E-state index in [1.54, 1.807) is 0 Å². The number of carboxylic acids is 1. The standard InChI is InChI=1S/C21H27NO4/c23-19(18-8-7-16-4-1-5-17(16)13-18)9-10-20(24)22-12-2-3-15(14-22)6-11-21(25)26/h7-8,13,15H,1-6,9-12,14H2,(H,25,26). The predicted molar refractivity (Wildman–Crippen MR) is 98.2 cm³/mol. The van der Waals surface area contributed by atoms with Gasteiger partial charge in [-0.2, -0.15) is 0 Å². The molecule has 1 amide bonds. The Morgan fingerprint density at radius 1 is 1.04 bits per heavy atom. The SMILES string of the molecule is O=C(O)CCC1CCCN(C(=O)CCC(=O)c2ccc3c(c2)CCC3)C1. The molecular formula is C21H27NO4. The van der Waals surface area contributed by atoms with Crippen LogP contribution in [0.1, 0.15) is 66.4 Å². The minimum atomic E-state index is -0.784. The molecule has 1 heterocycles. The predicted octanol–water partition coefficient (Wildman–Crippen LogP) is 3.24. The third kappa shape index (κ3) is 4.71. The van der Waals surface area contributed by atoms with Gasteiger partial charge in [0.25, 0.3) is 0 Å². The molecule has 5 heteroatoms. The summed E-state index contributed by atoms with van der Waals surface area (Å²) in [6.07, 6.45) is 6.44. The van der Waals surface area contributed by atoms with Crippen molar-refractivity contribution in [3.05, 3.63) is 34.9 Å². The van der Waals surface area contributed by atoms with E-state index in [1.165, 1.54) is 11.1 Å². The average Bonchev–Trinajstić information content (AvgIpc) is 3.12. The van der Waals surface area contributed by atoms with Crippen molar-refractivity contribution in [3.8, 4) is 0 Å². The van der Waals surface area contributed by atoms with Gasteiger partial charge in [-0.3, -0.25) is 14.4 Å². The molecule has 1 atom stereocenters. The van der Waals surface area contributed by atoms with Gasteiger partial charge in [0.15, 0.2) is 5.78 Å². The van der Waals surface area contributed by atoms with Crippen LogP contribution in [0, 0.1) is 5.92 Å². The van der Waals surface area contributed by atoms with Gasteiger partial charge in [-0.15, -0.1) is 0 Å². The number of aliphatic carboxylic acids is 1. The van der Waals surface area contributed by atoms with E-state index < -0.39 is 5.97 Å². The number of rotatable bonds is 7. The van der Waals surface area contributed by atoms with Crippen LogP contribution in [0.15, 0.2) is 18.2 Å². The van der Waals surface area contributed by atoms with E-state index in [0.29, 0.717) is 13.0 Å². The first-order valence-electron chi connectivity index (χ1n) is 9.67. The van der Waals surface area contributed by atoms with Gasteiger partial charge < -0.3 is 10.0 Å². The molecule has 0 radical (unpaired) electrons. The molecule has 140 valence electrons. The van der Waals surface area contributed by atoms with Crippen molar-refractivity contribution >= 4 is 17.7 Å². The molecule has 1 unspecified atom stereocenters. The van der Waals surface area contributed by atoms with Gasteiger partial charge >= 0.3 is 5.97 Å². The van der Waals surface area contributed by atoms with Gasteiger partial charge in [0.1, 0.15) is 0 Å². The first-order valence-corrected chi connectivity index (χ1v) is 9.67. The lowest BCUT2D eigenvalue weighted by Crippen LogP contribution is -2.40. The third-order valence-electron chi connectivity index (χ3n) is 5.62. The second-order valence-corrected chi connectivity index (χ2v) is 7.54. The molecule has 0 bridgehead atoms. The van der Waals surface area contributed by atoms with Crippen molar-refractivity contribution in [2.75, 3.05) is 13.1 Å². The number of hydrogen-bond donors (Lipinski definition) is 1. The number of carboxylic acid groups (broad SMARTS) is 1. The van der Waals surface area contributed by atoms with Gasteiger partial charge in [0.2, 0.25) is 5.91 Å². The van der Waals surface area contributed by atoms with Crippen molar-refractivity contribution in [2.24, 2.45) is 5.92 Å². The summed E-state index contributed by atoms with van der Waals surface area (Å²) in [7, 11) is 0. The minimum Gasteiger partial charge on any atom is -0.481 e. The first-order chi connectivity index (χ1) is 12.5. The maximum Gasteiger partial charge on any atom is 0.303 e. The average molecular weight is 357 g/mol. The van der Waals surface area contributed by atoms with E-state index >= 15 is 0 Å². The fourth-order valence-corrected chi connectivity index (χ4v) is 4.12. The minimum absolute atomic E-state index is 0.0135. The Labute approximate surface area is 154 Å². The van der Waals surface area contributed by atoms with Crippen LogP contribution in [0.4, 0.5) is 0 Å². The van der Waals surface area contributed by atoms with Gasteiger partial charge in [0.05, 0.1) is 0 Å². The van der Waals surface area contributed by atoms with E-state index in [4.69, 9.17) is 5.11 Å². The molecule has 2 aliphatic rings. The third-order valence-corrected chi connectivity index (χ3v) is 5.62. The second-order valence-electron chi connectivity index (χ2n) is 7.54. The Bertz CT molecular complexity index is 697. The van der Waals surface area contributed by atoms with Crippen molar-refractivity contribution < 1.29 is 19.5 Å². The van der Waals surface area contributed by atoms with Crippen LogP contribution in [0.3, 0.4) is 0 Å². The number of aryl methyl sites for hydroxylation is 2. The lowest BCUT2D eigenvalue weighted by Gasteiger charge is -2.32. The summed E-state index contributed by atoms with van der Waals surface area (Å²) in [5.74, 6) is -0.475. The van der Waals surface area contributed by atoms with Crippen LogP contribution in [0.5, 0.6) is 0 Å². The number of amides is 1. The Morgan fingerprint density at radius 3 is 2.65 bits per heavy atom. The van der Waals surface area contributed by atoms with Crippen LogP contribution in [0.2, 0.25) is 0 Å². The number of carbonyl (C=O) groups is 3. The van der Waals surface area contributed by atoms with E-state index in [2.05, 4.69) is 6.07 Å². The van der Waals surface area contributed by atoms with Gasteiger partial charge in [0, 0.05) is 37.9 Å². The number of hydrogen-bond acceptors (Lipinski definition) is 3. The molecule has 0 aromatic heterocycles. The maximum absolute atomic E-state index is 12.5. The first kappa shape index (κ1) is 18.6.